The largest absolute Gasteiger partial charge is 0.300 e. The maximum absolute atomic E-state index is 10.2. The van der Waals surface area contributed by atoms with Gasteiger partial charge in [0.1, 0.15) is 6.17 Å². The molecule has 0 aromatic rings. The first kappa shape index (κ1) is 7.65. The predicted molar refractivity (Wildman–Crippen MR) is 38.2 cm³/mol. The molecule has 1 rings (SSSR count). The molecular weight excluding hydrogens is 130 g/mol. The Bertz CT molecular complexity index is 110. The van der Waals surface area contributed by atoms with Gasteiger partial charge in [0.2, 0.25) is 0 Å². The van der Waals surface area contributed by atoms with Gasteiger partial charge in [0.25, 0.3) is 0 Å². The van der Waals surface area contributed by atoms with E-state index in [2.05, 4.69) is 22.5 Å². The number of carbonyl (C=O) groups excluding carboxylic acids is 1. The number of nitrogens with zero attached hydrogens (tertiary/aromatic N) is 1. The maximum atomic E-state index is 10.2. The molecule has 1 saturated heterocycles. The van der Waals surface area contributed by atoms with Gasteiger partial charge < -0.3 is 4.79 Å². The van der Waals surface area contributed by atoms with Crippen molar-refractivity contribution in [3.8, 4) is 0 Å². The number of hydrogen-bond donors (Lipinski definition) is 2. The molecule has 4 heteroatoms. The van der Waals surface area contributed by atoms with Crippen LogP contribution in [0.15, 0.2) is 0 Å². The highest BCUT2D eigenvalue weighted by Gasteiger charge is 2.13. The van der Waals surface area contributed by atoms with Crippen LogP contribution in [0.3, 0.4) is 0 Å². The van der Waals surface area contributed by atoms with Crippen LogP contribution in [0.2, 0.25) is 0 Å². The molecule has 0 aromatic heterocycles. The van der Waals surface area contributed by atoms with Crippen LogP contribution in [-0.4, -0.2) is 37.2 Å². The lowest BCUT2D eigenvalue weighted by Crippen LogP contribution is -2.57. The van der Waals surface area contributed by atoms with Crippen molar-refractivity contribution in [2.45, 2.75) is 13.1 Å². The number of carbonyl (C=O) groups is 1. The normalized spacial score (nSPS) is 22.9. The summed E-state index contributed by atoms with van der Waals surface area (Å²) in [6.07, 6.45) is 0.732. The molecule has 58 valence electrons. The van der Waals surface area contributed by atoms with Gasteiger partial charge in [-0.2, -0.15) is 0 Å². The summed E-state index contributed by atoms with van der Waals surface area (Å²) in [7, 11) is 0. The average Bonchev–Trinajstić information content (AvgIpc) is 2.05. The van der Waals surface area contributed by atoms with Crippen LogP contribution in [-0.2, 0) is 4.79 Å². The van der Waals surface area contributed by atoms with Gasteiger partial charge in [-0.05, 0) is 6.54 Å². The van der Waals surface area contributed by atoms with Gasteiger partial charge in [0.05, 0.1) is 13.3 Å². The van der Waals surface area contributed by atoms with E-state index in [1.54, 1.807) is 0 Å². The van der Waals surface area contributed by atoms with E-state index >= 15 is 0 Å². The summed E-state index contributed by atoms with van der Waals surface area (Å²) in [4.78, 5) is 12.4. The SMILES string of the molecule is CCN1CNC(C=O)NC1. The molecule has 0 bridgehead atoms. The molecule has 0 unspecified atom stereocenters. The van der Waals surface area contributed by atoms with Gasteiger partial charge in [-0.1, -0.05) is 6.92 Å². The molecular formula is C6H13N3O. The Morgan fingerprint density at radius 2 is 2.20 bits per heavy atom. The third-order valence-corrected chi connectivity index (χ3v) is 1.65. The summed E-state index contributed by atoms with van der Waals surface area (Å²) in [6, 6.07) is 0. The van der Waals surface area contributed by atoms with Gasteiger partial charge in [0, 0.05) is 0 Å². The molecule has 0 aromatic carbocycles. The minimum Gasteiger partial charge on any atom is -0.300 e. The van der Waals surface area contributed by atoms with Crippen LogP contribution in [0.25, 0.3) is 0 Å². The molecule has 0 saturated carbocycles. The Morgan fingerprint density at radius 1 is 1.60 bits per heavy atom. The Labute approximate surface area is 60.6 Å². The zero-order chi connectivity index (χ0) is 7.40. The van der Waals surface area contributed by atoms with Crippen molar-refractivity contribution in [3.05, 3.63) is 0 Å². The highest BCUT2D eigenvalue weighted by molar-refractivity contribution is 5.56. The highest BCUT2D eigenvalue weighted by Crippen LogP contribution is 1.88. The lowest BCUT2D eigenvalue weighted by atomic mass is 10.4. The lowest BCUT2D eigenvalue weighted by Gasteiger charge is -2.30. The van der Waals surface area contributed by atoms with Gasteiger partial charge in [-0.25, -0.2) is 0 Å². The van der Waals surface area contributed by atoms with Gasteiger partial charge in [-0.15, -0.1) is 0 Å². The summed E-state index contributed by atoms with van der Waals surface area (Å²) in [5.74, 6) is 0. The number of hydrogen-bond acceptors (Lipinski definition) is 4. The predicted octanol–water partition coefficient (Wildman–Crippen LogP) is -1.06. The van der Waals surface area contributed by atoms with E-state index in [-0.39, 0.29) is 6.17 Å². The molecule has 0 radical (unpaired) electrons. The third-order valence-electron chi connectivity index (χ3n) is 1.65. The second-order valence-electron chi connectivity index (χ2n) is 2.33. The minimum absolute atomic E-state index is 0.150. The number of aldehydes is 1. The van der Waals surface area contributed by atoms with E-state index in [9.17, 15) is 4.79 Å². The Morgan fingerprint density at radius 3 is 2.60 bits per heavy atom. The van der Waals surface area contributed by atoms with Crippen LogP contribution in [0, 0.1) is 0 Å². The monoisotopic (exact) mass is 143 g/mol. The highest BCUT2D eigenvalue weighted by atomic mass is 16.1. The van der Waals surface area contributed by atoms with Crippen LogP contribution in [0.1, 0.15) is 6.92 Å². The first-order chi connectivity index (χ1) is 4.86. The second kappa shape index (κ2) is 3.65. The maximum Gasteiger partial charge on any atom is 0.151 e. The van der Waals surface area contributed by atoms with Crippen LogP contribution in [0.4, 0.5) is 0 Å². The zero-order valence-corrected chi connectivity index (χ0v) is 6.13. The minimum atomic E-state index is -0.150. The standard InChI is InChI=1S/C6H13N3O/c1-2-9-4-7-6(3-10)8-5-9/h3,6-8H,2,4-5H2,1H3. The van der Waals surface area contributed by atoms with Crippen molar-refractivity contribution in [2.75, 3.05) is 19.9 Å². The second-order valence-corrected chi connectivity index (χ2v) is 2.33. The summed E-state index contributed by atoms with van der Waals surface area (Å²) < 4.78 is 0. The molecule has 10 heavy (non-hydrogen) atoms. The fourth-order valence-electron chi connectivity index (χ4n) is 0.903. The Hall–Kier alpha value is -0.450. The van der Waals surface area contributed by atoms with Crippen molar-refractivity contribution in [2.24, 2.45) is 0 Å². The number of nitrogens with one attached hydrogen (secondary N) is 2. The molecule has 1 heterocycles. The number of rotatable bonds is 2. The Kier molecular flexibility index (Phi) is 2.80. The average molecular weight is 143 g/mol. The van der Waals surface area contributed by atoms with E-state index < -0.39 is 0 Å². The van der Waals surface area contributed by atoms with E-state index in [0.29, 0.717) is 0 Å². The molecule has 0 amide bonds. The van der Waals surface area contributed by atoms with Gasteiger partial charge >= 0.3 is 0 Å². The van der Waals surface area contributed by atoms with E-state index in [1.807, 2.05) is 0 Å². The fourth-order valence-corrected chi connectivity index (χ4v) is 0.903. The van der Waals surface area contributed by atoms with Crippen molar-refractivity contribution >= 4 is 6.29 Å². The van der Waals surface area contributed by atoms with Crippen molar-refractivity contribution in [3.63, 3.8) is 0 Å². The molecule has 0 atom stereocenters. The summed E-state index contributed by atoms with van der Waals surface area (Å²) >= 11 is 0. The van der Waals surface area contributed by atoms with Crippen LogP contribution in [0.5, 0.6) is 0 Å². The fraction of sp³-hybridized carbons (Fsp3) is 0.833. The quantitative estimate of drug-likeness (QED) is 0.484. The summed E-state index contributed by atoms with van der Waals surface area (Å²) in [5, 5.41) is 6.03. The molecule has 1 aliphatic rings. The molecule has 1 fully saturated rings. The Balaban J connectivity index is 2.23. The molecule has 1 aliphatic heterocycles. The summed E-state index contributed by atoms with van der Waals surface area (Å²) in [6.45, 7) is 4.69. The molecule has 0 spiro atoms. The molecule has 0 aliphatic carbocycles. The van der Waals surface area contributed by atoms with Crippen LogP contribution < -0.4 is 10.6 Å². The summed E-state index contributed by atoms with van der Waals surface area (Å²) in [5.41, 5.74) is 0. The first-order valence-corrected chi connectivity index (χ1v) is 3.51. The lowest BCUT2D eigenvalue weighted by molar-refractivity contribution is -0.111. The van der Waals surface area contributed by atoms with E-state index in [0.717, 1.165) is 26.2 Å². The smallest absolute Gasteiger partial charge is 0.151 e. The van der Waals surface area contributed by atoms with Crippen LogP contribution >= 0.6 is 0 Å². The van der Waals surface area contributed by atoms with Crippen molar-refractivity contribution in [1.29, 1.82) is 0 Å². The van der Waals surface area contributed by atoms with Gasteiger partial charge in [0.15, 0.2) is 6.29 Å². The topological polar surface area (TPSA) is 44.4 Å². The van der Waals surface area contributed by atoms with Crippen molar-refractivity contribution < 1.29 is 4.79 Å². The van der Waals surface area contributed by atoms with Crippen molar-refractivity contribution in [1.82, 2.24) is 15.5 Å². The molecule has 4 nitrogen and oxygen atoms in total. The molecule has 2 N–H and O–H groups in total. The zero-order valence-electron chi connectivity index (χ0n) is 6.13. The van der Waals surface area contributed by atoms with E-state index in [4.69, 9.17) is 0 Å². The van der Waals surface area contributed by atoms with Gasteiger partial charge in [-0.3, -0.25) is 15.5 Å². The first-order valence-electron chi connectivity index (χ1n) is 3.51. The van der Waals surface area contributed by atoms with E-state index in [1.165, 1.54) is 0 Å². The third kappa shape index (κ3) is 1.76.